The van der Waals surface area contributed by atoms with Crippen LogP contribution in [0.2, 0.25) is 0 Å². The topological polar surface area (TPSA) is 54.4 Å². The average Bonchev–Trinajstić information content (AvgIpc) is 1.82. The Hall–Kier alpha value is -0.328. The van der Waals surface area contributed by atoms with Crippen LogP contribution in [-0.2, 0) is 9.59 Å². The molecule has 0 amide bonds. The molecule has 0 atom stereocenters. The predicted octanol–water partition coefficient (Wildman–Crippen LogP) is 0.774. The monoisotopic (exact) mass is 216 g/mol. The summed E-state index contributed by atoms with van der Waals surface area (Å²) < 4.78 is 0. The lowest BCUT2D eigenvalue weighted by molar-refractivity contribution is -0.161. The molecular weight excluding hydrogens is 195 g/mol. The van der Waals surface area contributed by atoms with Crippen molar-refractivity contribution in [3.63, 3.8) is 0 Å². The predicted molar refractivity (Wildman–Crippen MR) is 60.4 cm³/mol. The van der Waals surface area contributed by atoms with E-state index in [9.17, 15) is 9.59 Å². The molecule has 0 saturated carbocycles. The Bertz CT molecular complexity index is 197. The molecule has 0 aromatic carbocycles. The molecule has 0 bridgehead atoms. The molecule has 0 aliphatic carbocycles. The van der Waals surface area contributed by atoms with E-state index in [1.54, 1.807) is 27.7 Å². The number of ketones is 1. The maximum Gasteiger partial charge on any atom is 0.317 e. The summed E-state index contributed by atoms with van der Waals surface area (Å²) in [6.07, 6.45) is 0. The third-order valence-corrected chi connectivity index (χ3v) is 2.76. The summed E-state index contributed by atoms with van der Waals surface area (Å²) in [5.41, 5.74) is -1.22. The van der Waals surface area contributed by atoms with Crippen molar-refractivity contribution in [3.05, 3.63) is 0 Å². The molecule has 0 aromatic heterocycles. The number of carbonyl (C=O) groups excluding carboxylic acids is 1. The van der Waals surface area contributed by atoms with Gasteiger partial charge in [-0.3, -0.25) is 9.59 Å². The number of hydrogen-bond donors (Lipinski definition) is 1. The van der Waals surface area contributed by atoms with Gasteiger partial charge < -0.3 is 5.11 Å². The minimum Gasteiger partial charge on any atom is -0.480 e. The fourth-order valence-corrected chi connectivity index (χ4v) is 2.12. The van der Waals surface area contributed by atoms with E-state index in [1.165, 1.54) is 6.92 Å². The number of Topliss-reactive ketones (excluding diaryl/α,β-unsaturated/α-hetero) is 1. The van der Waals surface area contributed by atoms with E-state index in [4.69, 9.17) is 5.11 Å². The van der Waals surface area contributed by atoms with Crippen molar-refractivity contribution in [2.75, 3.05) is 0 Å². The first-order valence-electron chi connectivity index (χ1n) is 4.52. The summed E-state index contributed by atoms with van der Waals surface area (Å²) in [6.45, 7) is 8.45. The fourth-order valence-electron chi connectivity index (χ4n) is 2.12. The van der Waals surface area contributed by atoms with Crippen LogP contribution in [0.15, 0.2) is 0 Å². The fraction of sp³-hybridized carbons (Fsp3) is 0.800. The number of carboxylic acids is 1. The van der Waals surface area contributed by atoms with E-state index in [-0.39, 0.29) is 35.0 Å². The molecule has 0 spiro atoms. The molecule has 14 heavy (non-hydrogen) atoms. The first-order valence-corrected chi connectivity index (χ1v) is 4.52. The second kappa shape index (κ2) is 5.53. The minimum absolute atomic E-state index is 0. The van der Waals surface area contributed by atoms with Gasteiger partial charge in [-0.15, -0.1) is 0 Å². The molecule has 3 nitrogen and oxygen atoms in total. The van der Waals surface area contributed by atoms with Gasteiger partial charge in [0, 0.05) is 0 Å². The van der Waals surface area contributed by atoms with Gasteiger partial charge in [-0.2, -0.15) is 0 Å². The van der Waals surface area contributed by atoms with Gasteiger partial charge in [0.05, 0.1) is 0 Å². The van der Waals surface area contributed by atoms with Crippen LogP contribution in [0, 0.1) is 17.3 Å². The molecule has 82 valence electrons. The van der Waals surface area contributed by atoms with Gasteiger partial charge >= 0.3 is 5.97 Å². The van der Waals surface area contributed by atoms with Gasteiger partial charge in [-0.1, -0.05) is 27.7 Å². The molecule has 0 aromatic rings. The van der Waals surface area contributed by atoms with Crippen molar-refractivity contribution in [2.24, 2.45) is 17.3 Å². The van der Waals surface area contributed by atoms with E-state index in [0.29, 0.717) is 0 Å². The van der Waals surface area contributed by atoms with Crippen LogP contribution < -0.4 is 0 Å². The van der Waals surface area contributed by atoms with E-state index in [1.807, 2.05) is 0 Å². The first kappa shape index (κ1) is 16.1. The molecule has 0 aliphatic heterocycles. The Morgan fingerprint density at radius 3 is 1.36 bits per heavy atom. The second-order valence-corrected chi connectivity index (χ2v) is 4.04. The quantitative estimate of drug-likeness (QED) is 0.558. The summed E-state index contributed by atoms with van der Waals surface area (Å²) in [7, 11) is 0. The number of carboxylic acid groups (broad SMARTS) is 1. The zero-order valence-electron chi connectivity index (χ0n) is 8.92. The number of aliphatic carboxylic acids is 1. The van der Waals surface area contributed by atoms with Crippen molar-refractivity contribution in [1.82, 2.24) is 0 Å². The summed E-state index contributed by atoms with van der Waals surface area (Å²) >= 11 is 0. The summed E-state index contributed by atoms with van der Waals surface area (Å²) in [5, 5.41) is 9.11. The average molecular weight is 216 g/mol. The van der Waals surface area contributed by atoms with Crippen LogP contribution in [-0.4, -0.2) is 34.2 Å². The zero-order valence-corrected chi connectivity index (χ0v) is 8.92. The van der Waals surface area contributed by atoms with Gasteiger partial charge in [0.15, 0.2) is 17.4 Å². The molecule has 0 aliphatic rings. The van der Waals surface area contributed by atoms with Crippen molar-refractivity contribution >= 4 is 29.1 Å². The normalized spacial score (nSPS) is 11.4. The highest BCUT2D eigenvalue weighted by Gasteiger charge is 2.48. The zero-order chi connectivity index (χ0) is 10.8. The SMILES string of the molecule is CC(=O)C(C(=O)O)(C(C)C)C(C)C.[AlH3]. The van der Waals surface area contributed by atoms with Crippen molar-refractivity contribution in [2.45, 2.75) is 34.6 Å². The lowest BCUT2D eigenvalue weighted by Gasteiger charge is -2.34. The molecule has 0 heterocycles. The van der Waals surface area contributed by atoms with E-state index >= 15 is 0 Å². The molecule has 0 radical (unpaired) electrons. The third-order valence-electron chi connectivity index (χ3n) is 2.76. The second-order valence-electron chi connectivity index (χ2n) is 4.04. The number of rotatable bonds is 4. The van der Waals surface area contributed by atoms with Gasteiger partial charge in [0.1, 0.15) is 11.2 Å². The van der Waals surface area contributed by atoms with Crippen LogP contribution in [0.4, 0.5) is 0 Å². The molecule has 0 rings (SSSR count). The highest BCUT2D eigenvalue weighted by molar-refractivity contribution is 6.02. The molecular formula is C10H21AlO3. The van der Waals surface area contributed by atoms with Crippen LogP contribution >= 0.6 is 0 Å². The Morgan fingerprint density at radius 2 is 1.36 bits per heavy atom. The van der Waals surface area contributed by atoms with Gasteiger partial charge in [-0.25, -0.2) is 0 Å². The van der Waals surface area contributed by atoms with Gasteiger partial charge in [0.2, 0.25) is 0 Å². The van der Waals surface area contributed by atoms with Gasteiger partial charge in [0.25, 0.3) is 0 Å². The van der Waals surface area contributed by atoms with Crippen LogP contribution in [0.25, 0.3) is 0 Å². The standard InChI is InChI=1S/C10H18O3.Al.3H/c1-6(2)10(7(3)4,8(5)11)9(12)13;;;;/h6-7H,1-5H3,(H,12,13);;;;. The summed E-state index contributed by atoms with van der Waals surface area (Å²) in [4.78, 5) is 22.5. The summed E-state index contributed by atoms with van der Waals surface area (Å²) in [6, 6.07) is 0. The smallest absolute Gasteiger partial charge is 0.317 e. The lowest BCUT2D eigenvalue weighted by Crippen LogP contribution is -2.47. The molecule has 0 unspecified atom stereocenters. The summed E-state index contributed by atoms with van der Waals surface area (Å²) in [5.74, 6) is -1.63. The van der Waals surface area contributed by atoms with Crippen LogP contribution in [0.3, 0.4) is 0 Å². The van der Waals surface area contributed by atoms with E-state index in [2.05, 4.69) is 0 Å². The third kappa shape index (κ3) is 2.37. The highest BCUT2D eigenvalue weighted by Crippen LogP contribution is 2.37. The first-order chi connectivity index (χ1) is 5.77. The molecule has 0 fully saturated rings. The maximum atomic E-state index is 11.4. The Balaban J connectivity index is 0. The van der Waals surface area contributed by atoms with E-state index < -0.39 is 11.4 Å². The Kier molecular flexibility index (Phi) is 6.36. The number of carbonyl (C=O) groups is 2. The van der Waals surface area contributed by atoms with Crippen LogP contribution in [0.5, 0.6) is 0 Å². The molecule has 0 saturated heterocycles. The molecule has 1 N–H and O–H groups in total. The van der Waals surface area contributed by atoms with E-state index in [0.717, 1.165) is 0 Å². The lowest BCUT2D eigenvalue weighted by atomic mass is 9.66. The van der Waals surface area contributed by atoms with Gasteiger partial charge in [-0.05, 0) is 18.8 Å². The maximum absolute atomic E-state index is 11.4. The Labute approximate surface area is 96.0 Å². The van der Waals surface area contributed by atoms with Crippen molar-refractivity contribution in [3.8, 4) is 0 Å². The highest BCUT2D eigenvalue weighted by atomic mass is 27.0. The van der Waals surface area contributed by atoms with Crippen molar-refractivity contribution in [1.29, 1.82) is 0 Å². The molecule has 4 heteroatoms. The number of hydrogen-bond acceptors (Lipinski definition) is 2. The van der Waals surface area contributed by atoms with Crippen molar-refractivity contribution < 1.29 is 14.7 Å². The largest absolute Gasteiger partial charge is 0.480 e. The minimum atomic E-state index is -1.22. The Morgan fingerprint density at radius 1 is 1.07 bits per heavy atom. The van der Waals surface area contributed by atoms with Crippen LogP contribution in [0.1, 0.15) is 34.6 Å².